The lowest BCUT2D eigenvalue weighted by molar-refractivity contribution is 0.881. The Morgan fingerprint density at radius 3 is 3.06 bits per heavy atom. The summed E-state index contributed by atoms with van der Waals surface area (Å²) in [4.78, 5) is 0.835. The number of aromatic amines is 1. The van der Waals surface area contributed by atoms with Crippen LogP contribution in [0.4, 0.5) is 5.69 Å². The van der Waals surface area contributed by atoms with E-state index in [0.717, 1.165) is 10.6 Å². The summed E-state index contributed by atoms with van der Waals surface area (Å²) in [7, 11) is 0. The number of hydrogen-bond donors (Lipinski definition) is 3. The summed E-state index contributed by atoms with van der Waals surface area (Å²) < 4.78 is 0. The first-order valence-corrected chi connectivity index (χ1v) is 5.14. The molecule has 0 saturated carbocycles. The quantitative estimate of drug-likeness (QED) is 0.562. The van der Waals surface area contributed by atoms with Crippen LogP contribution in [0.2, 0.25) is 0 Å². The van der Waals surface area contributed by atoms with Crippen LogP contribution >= 0.6 is 12.6 Å². The molecule has 2 aromatic rings. The van der Waals surface area contributed by atoms with Gasteiger partial charge in [-0.3, -0.25) is 0 Å². The number of anilines is 1. The Hall–Kier alpha value is -2.33. The third kappa shape index (κ3) is 2.83. The first-order valence-electron chi connectivity index (χ1n) is 4.69. The van der Waals surface area contributed by atoms with E-state index in [1.54, 1.807) is 0 Å². The van der Waals surface area contributed by atoms with Gasteiger partial charge in [-0.15, -0.1) is 22.8 Å². The second-order valence-corrected chi connectivity index (χ2v) is 3.62. The van der Waals surface area contributed by atoms with E-state index < -0.39 is 0 Å². The van der Waals surface area contributed by atoms with E-state index in [-0.39, 0.29) is 5.82 Å². The number of nitrogens with zero attached hydrogens (tertiary/aromatic N) is 4. The normalized spacial score (nSPS) is 10.9. The van der Waals surface area contributed by atoms with Gasteiger partial charge in [-0.05, 0) is 23.4 Å². The van der Waals surface area contributed by atoms with Gasteiger partial charge in [0, 0.05) is 16.8 Å². The summed E-state index contributed by atoms with van der Waals surface area (Å²) in [5.74, 6) is 0.252. The lowest BCUT2D eigenvalue weighted by Crippen LogP contribution is -1.92. The lowest BCUT2D eigenvalue weighted by atomic mass is 10.3. The number of H-pyrrole nitrogens is 1. The van der Waals surface area contributed by atoms with Crippen molar-refractivity contribution in [1.82, 2.24) is 20.6 Å². The first kappa shape index (κ1) is 11.2. The number of tetrazole rings is 1. The van der Waals surface area contributed by atoms with Crippen molar-refractivity contribution in [2.75, 3.05) is 5.32 Å². The van der Waals surface area contributed by atoms with Gasteiger partial charge in [-0.1, -0.05) is 6.07 Å². The fourth-order valence-corrected chi connectivity index (χ4v) is 1.40. The summed E-state index contributed by atoms with van der Waals surface area (Å²) in [5.41, 5.74) is 1.12. The molecule has 0 amide bonds. The molecule has 0 spiro atoms. The molecule has 0 aliphatic rings. The number of hydrogen-bond acceptors (Lipinski definition) is 6. The molecule has 1 aromatic heterocycles. The average molecular weight is 244 g/mol. The van der Waals surface area contributed by atoms with Crippen LogP contribution in [0.3, 0.4) is 0 Å². The van der Waals surface area contributed by atoms with Crippen molar-refractivity contribution in [3.05, 3.63) is 36.3 Å². The van der Waals surface area contributed by atoms with Crippen LogP contribution in [0, 0.1) is 11.3 Å². The van der Waals surface area contributed by atoms with Crippen molar-refractivity contribution in [2.24, 2.45) is 0 Å². The Morgan fingerprint density at radius 1 is 1.53 bits per heavy atom. The number of aromatic nitrogens is 4. The van der Waals surface area contributed by atoms with E-state index in [1.165, 1.54) is 6.20 Å². The molecule has 0 fully saturated rings. The van der Waals surface area contributed by atoms with Crippen LogP contribution in [0.25, 0.3) is 5.57 Å². The number of allylic oxidation sites excluding steroid dienone is 1. The molecule has 1 aromatic carbocycles. The second-order valence-electron chi connectivity index (χ2n) is 3.10. The van der Waals surface area contributed by atoms with Crippen molar-refractivity contribution in [3.8, 4) is 6.07 Å². The SMILES string of the molecule is N#CC(=CNc1cccc(S)c1)c1nn[nH]n1. The molecular formula is C10H8N6S. The van der Waals surface area contributed by atoms with Crippen molar-refractivity contribution in [1.29, 1.82) is 5.26 Å². The summed E-state index contributed by atoms with van der Waals surface area (Å²) in [5, 5.41) is 25.0. The maximum atomic E-state index is 8.94. The van der Waals surface area contributed by atoms with Crippen LogP contribution in [-0.2, 0) is 0 Å². The molecule has 2 rings (SSSR count). The molecule has 7 heteroatoms. The van der Waals surface area contributed by atoms with Gasteiger partial charge in [-0.2, -0.15) is 10.5 Å². The second kappa shape index (κ2) is 5.14. The molecule has 0 atom stereocenters. The minimum atomic E-state index is 0.252. The van der Waals surface area contributed by atoms with E-state index >= 15 is 0 Å². The minimum absolute atomic E-state index is 0.252. The van der Waals surface area contributed by atoms with Crippen LogP contribution in [0.15, 0.2) is 35.4 Å². The summed E-state index contributed by atoms with van der Waals surface area (Å²) >= 11 is 4.22. The molecule has 0 aliphatic heterocycles. The fourth-order valence-electron chi connectivity index (χ4n) is 1.17. The predicted octanol–water partition coefficient (Wildman–Crippen LogP) is 1.46. The molecule has 0 bridgehead atoms. The maximum absolute atomic E-state index is 8.94. The average Bonchev–Trinajstić information content (AvgIpc) is 2.84. The van der Waals surface area contributed by atoms with Gasteiger partial charge in [0.2, 0.25) is 5.82 Å². The highest BCUT2D eigenvalue weighted by atomic mass is 32.1. The third-order valence-corrected chi connectivity index (χ3v) is 2.21. The molecule has 84 valence electrons. The van der Waals surface area contributed by atoms with Gasteiger partial charge >= 0.3 is 0 Å². The van der Waals surface area contributed by atoms with E-state index in [9.17, 15) is 0 Å². The fraction of sp³-hybridized carbons (Fsp3) is 0. The standard InChI is InChI=1S/C10H8N6S/c11-5-7(10-13-15-16-14-10)6-12-8-2-1-3-9(17)4-8/h1-4,6,12,17H,(H,13,14,15,16). The number of rotatable bonds is 3. The Labute approximate surface area is 103 Å². The Balaban J connectivity index is 2.17. The molecular weight excluding hydrogens is 236 g/mol. The Bertz CT molecular complexity index is 569. The molecule has 6 nitrogen and oxygen atoms in total. The van der Waals surface area contributed by atoms with Crippen molar-refractivity contribution in [2.45, 2.75) is 4.90 Å². The number of nitriles is 1. The topological polar surface area (TPSA) is 90.3 Å². The smallest absolute Gasteiger partial charge is 0.216 e. The summed E-state index contributed by atoms with van der Waals surface area (Å²) in [6.45, 7) is 0. The monoisotopic (exact) mass is 244 g/mol. The number of nitrogens with one attached hydrogen (secondary N) is 2. The van der Waals surface area contributed by atoms with E-state index in [1.807, 2.05) is 30.3 Å². The number of thiol groups is 1. The van der Waals surface area contributed by atoms with Crippen molar-refractivity contribution >= 4 is 23.9 Å². The minimum Gasteiger partial charge on any atom is -0.360 e. The zero-order valence-corrected chi connectivity index (χ0v) is 9.52. The van der Waals surface area contributed by atoms with Crippen molar-refractivity contribution < 1.29 is 0 Å². The number of benzene rings is 1. The van der Waals surface area contributed by atoms with E-state index in [4.69, 9.17) is 5.26 Å². The molecule has 0 unspecified atom stereocenters. The van der Waals surface area contributed by atoms with E-state index in [0.29, 0.717) is 5.57 Å². The maximum Gasteiger partial charge on any atom is 0.216 e. The third-order valence-electron chi connectivity index (χ3n) is 1.94. The molecule has 0 aliphatic carbocycles. The molecule has 2 N–H and O–H groups in total. The zero-order valence-electron chi connectivity index (χ0n) is 8.62. The predicted molar refractivity (Wildman–Crippen MR) is 65.1 cm³/mol. The summed E-state index contributed by atoms with van der Waals surface area (Å²) in [6.07, 6.45) is 1.52. The highest BCUT2D eigenvalue weighted by Gasteiger charge is 2.04. The largest absolute Gasteiger partial charge is 0.360 e. The summed E-state index contributed by atoms with van der Waals surface area (Å²) in [6, 6.07) is 9.41. The Kier molecular flexibility index (Phi) is 3.37. The van der Waals surface area contributed by atoms with Gasteiger partial charge in [0.05, 0.1) is 0 Å². The molecule has 0 saturated heterocycles. The van der Waals surface area contributed by atoms with E-state index in [2.05, 4.69) is 38.6 Å². The molecule has 0 radical (unpaired) electrons. The van der Waals surface area contributed by atoms with Crippen molar-refractivity contribution in [3.63, 3.8) is 0 Å². The zero-order chi connectivity index (χ0) is 12.1. The highest BCUT2D eigenvalue weighted by Crippen LogP contribution is 2.14. The molecule has 17 heavy (non-hydrogen) atoms. The lowest BCUT2D eigenvalue weighted by Gasteiger charge is -2.01. The van der Waals surface area contributed by atoms with Crippen LogP contribution in [-0.4, -0.2) is 20.6 Å². The van der Waals surface area contributed by atoms with Crippen LogP contribution in [0.1, 0.15) is 5.82 Å². The first-order chi connectivity index (χ1) is 8.29. The van der Waals surface area contributed by atoms with Crippen LogP contribution in [0.5, 0.6) is 0 Å². The Morgan fingerprint density at radius 2 is 2.41 bits per heavy atom. The van der Waals surface area contributed by atoms with Crippen LogP contribution < -0.4 is 5.32 Å². The van der Waals surface area contributed by atoms with Gasteiger partial charge in [0.1, 0.15) is 11.6 Å². The van der Waals surface area contributed by atoms with Gasteiger partial charge in [0.15, 0.2) is 0 Å². The van der Waals surface area contributed by atoms with Gasteiger partial charge in [-0.25, -0.2) is 0 Å². The highest BCUT2D eigenvalue weighted by molar-refractivity contribution is 7.80. The van der Waals surface area contributed by atoms with Gasteiger partial charge < -0.3 is 5.32 Å². The molecule has 1 heterocycles. The van der Waals surface area contributed by atoms with Gasteiger partial charge in [0.25, 0.3) is 0 Å².